The standard InChI is InChI=1S/C13H12N4O3/c14-12(18)7-9-1-3-10(4-2-9)16-13-6-5-11(8-15-13)17(19)20/h1-6,8H,7H2,(H2,14,18)(H,15,16). The number of nitrogens with one attached hydrogen (secondary N) is 1. The number of carbonyl (C=O) groups excluding carboxylic acids is 1. The fourth-order valence-corrected chi connectivity index (χ4v) is 1.62. The second-order valence-corrected chi connectivity index (χ2v) is 4.12. The monoisotopic (exact) mass is 272 g/mol. The van der Waals surface area contributed by atoms with Gasteiger partial charge in [-0.2, -0.15) is 0 Å². The van der Waals surface area contributed by atoms with Gasteiger partial charge in [0.25, 0.3) is 5.69 Å². The van der Waals surface area contributed by atoms with E-state index in [0.29, 0.717) is 5.82 Å². The van der Waals surface area contributed by atoms with Gasteiger partial charge < -0.3 is 11.1 Å². The molecule has 1 amide bonds. The lowest BCUT2D eigenvalue weighted by Crippen LogP contribution is -2.13. The molecule has 102 valence electrons. The summed E-state index contributed by atoms with van der Waals surface area (Å²) in [5, 5.41) is 13.5. The molecule has 0 atom stereocenters. The average Bonchev–Trinajstić information content (AvgIpc) is 2.41. The fraction of sp³-hybridized carbons (Fsp3) is 0.0769. The van der Waals surface area contributed by atoms with Crippen molar-refractivity contribution in [3.05, 3.63) is 58.3 Å². The Bertz CT molecular complexity index is 623. The highest BCUT2D eigenvalue weighted by Crippen LogP contribution is 2.17. The summed E-state index contributed by atoms with van der Waals surface area (Å²) in [4.78, 5) is 24.7. The summed E-state index contributed by atoms with van der Waals surface area (Å²) >= 11 is 0. The van der Waals surface area contributed by atoms with Crippen molar-refractivity contribution in [3.8, 4) is 0 Å². The van der Waals surface area contributed by atoms with Crippen molar-refractivity contribution in [2.45, 2.75) is 6.42 Å². The molecule has 0 saturated heterocycles. The lowest BCUT2D eigenvalue weighted by molar-refractivity contribution is -0.385. The largest absolute Gasteiger partial charge is 0.369 e. The third-order valence-corrected chi connectivity index (χ3v) is 2.56. The summed E-state index contributed by atoms with van der Waals surface area (Å²) < 4.78 is 0. The number of nitro groups is 1. The minimum atomic E-state index is -0.505. The van der Waals surface area contributed by atoms with Gasteiger partial charge >= 0.3 is 0 Å². The van der Waals surface area contributed by atoms with Gasteiger partial charge in [0.05, 0.1) is 11.3 Å². The second kappa shape index (κ2) is 5.79. The Hall–Kier alpha value is -2.96. The van der Waals surface area contributed by atoms with Crippen LogP contribution in [0.4, 0.5) is 17.2 Å². The molecular formula is C13H12N4O3. The van der Waals surface area contributed by atoms with Gasteiger partial charge in [-0.15, -0.1) is 0 Å². The zero-order valence-electron chi connectivity index (χ0n) is 10.4. The summed E-state index contributed by atoms with van der Waals surface area (Å²) in [7, 11) is 0. The molecule has 0 fully saturated rings. The van der Waals surface area contributed by atoms with Gasteiger partial charge in [-0.3, -0.25) is 14.9 Å². The molecular weight excluding hydrogens is 260 g/mol. The van der Waals surface area contributed by atoms with Gasteiger partial charge in [0.2, 0.25) is 5.91 Å². The average molecular weight is 272 g/mol. The maximum absolute atomic E-state index is 10.8. The molecule has 0 aliphatic rings. The summed E-state index contributed by atoms with van der Waals surface area (Å²) in [6.07, 6.45) is 1.37. The molecule has 3 N–H and O–H groups in total. The van der Waals surface area contributed by atoms with Crippen LogP contribution in [-0.2, 0) is 11.2 Å². The van der Waals surface area contributed by atoms with Crippen molar-refractivity contribution in [2.75, 3.05) is 5.32 Å². The maximum Gasteiger partial charge on any atom is 0.287 e. The van der Waals surface area contributed by atoms with E-state index in [1.807, 2.05) is 0 Å². The number of carbonyl (C=O) groups is 1. The molecule has 1 aromatic carbocycles. The zero-order chi connectivity index (χ0) is 14.5. The third-order valence-electron chi connectivity index (χ3n) is 2.56. The number of nitrogens with two attached hydrogens (primary N) is 1. The van der Waals surface area contributed by atoms with E-state index in [1.165, 1.54) is 18.3 Å². The molecule has 1 heterocycles. The van der Waals surface area contributed by atoms with Gasteiger partial charge in [0.15, 0.2) is 0 Å². The Morgan fingerprint density at radius 2 is 1.95 bits per heavy atom. The van der Waals surface area contributed by atoms with E-state index in [9.17, 15) is 14.9 Å². The van der Waals surface area contributed by atoms with Crippen molar-refractivity contribution in [1.29, 1.82) is 0 Å². The van der Waals surface area contributed by atoms with Crippen LogP contribution in [0.1, 0.15) is 5.56 Å². The van der Waals surface area contributed by atoms with Crippen LogP contribution in [0.2, 0.25) is 0 Å². The van der Waals surface area contributed by atoms with Crippen molar-refractivity contribution in [3.63, 3.8) is 0 Å². The lowest BCUT2D eigenvalue weighted by atomic mass is 10.1. The first-order valence-electron chi connectivity index (χ1n) is 5.79. The molecule has 0 saturated carbocycles. The van der Waals surface area contributed by atoms with Crippen LogP contribution in [0.5, 0.6) is 0 Å². The van der Waals surface area contributed by atoms with Crippen LogP contribution < -0.4 is 11.1 Å². The molecule has 0 bridgehead atoms. The summed E-state index contributed by atoms with van der Waals surface area (Å²) in [6, 6.07) is 10.0. The highest BCUT2D eigenvalue weighted by Gasteiger charge is 2.05. The lowest BCUT2D eigenvalue weighted by Gasteiger charge is -2.06. The minimum absolute atomic E-state index is 0.0626. The highest BCUT2D eigenvalue weighted by molar-refractivity contribution is 5.76. The molecule has 0 aliphatic heterocycles. The normalized spacial score (nSPS) is 10.0. The van der Waals surface area contributed by atoms with Crippen LogP contribution in [0.3, 0.4) is 0 Å². The predicted molar refractivity (Wildman–Crippen MR) is 73.5 cm³/mol. The van der Waals surface area contributed by atoms with E-state index in [0.717, 1.165) is 11.3 Å². The number of nitrogens with zero attached hydrogens (tertiary/aromatic N) is 2. The number of primary amides is 1. The summed E-state index contributed by atoms with van der Waals surface area (Å²) in [6.45, 7) is 0. The van der Waals surface area contributed by atoms with Gasteiger partial charge in [0.1, 0.15) is 12.0 Å². The smallest absolute Gasteiger partial charge is 0.287 e. The molecule has 0 aliphatic carbocycles. The quantitative estimate of drug-likeness (QED) is 0.636. The van der Waals surface area contributed by atoms with Crippen molar-refractivity contribution < 1.29 is 9.72 Å². The van der Waals surface area contributed by atoms with Crippen LogP contribution in [-0.4, -0.2) is 15.8 Å². The number of rotatable bonds is 5. The molecule has 0 spiro atoms. The Balaban J connectivity index is 2.06. The van der Waals surface area contributed by atoms with Gasteiger partial charge in [-0.05, 0) is 23.8 Å². The number of anilines is 2. The molecule has 0 radical (unpaired) electrons. The number of hydrogen-bond acceptors (Lipinski definition) is 5. The Morgan fingerprint density at radius 1 is 1.25 bits per heavy atom. The topological polar surface area (TPSA) is 111 Å². The van der Waals surface area contributed by atoms with Gasteiger partial charge in [0, 0.05) is 11.8 Å². The number of hydrogen-bond donors (Lipinski definition) is 2. The fourth-order valence-electron chi connectivity index (χ4n) is 1.62. The molecule has 1 aromatic heterocycles. The number of amides is 1. The first-order valence-corrected chi connectivity index (χ1v) is 5.79. The van der Waals surface area contributed by atoms with Crippen LogP contribution in [0, 0.1) is 10.1 Å². The SMILES string of the molecule is NC(=O)Cc1ccc(Nc2ccc([N+](=O)[O-])cn2)cc1. The third kappa shape index (κ3) is 3.52. The van der Waals surface area contributed by atoms with E-state index < -0.39 is 4.92 Å². The van der Waals surface area contributed by atoms with E-state index in [1.54, 1.807) is 24.3 Å². The first-order chi connectivity index (χ1) is 9.54. The number of benzene rings is 1. The number of aromatic nitrogens is 1. The van der Waals surface area contributed by atoms with Crippen LogP contribution in [0.25, 0.3) is 0 Å². The summed E-state index contributed by atoms with van der Waals surface area (Å²) in [5.41, 5.74) is 6.63. The Morgan fingerprint density at radius 3 is 2.45 bits per heavy atom. The van der Waals surface area contributed by atoms with Gasteiger partial charge in [-0.25, -0.2) is 4.98 Å². The van der Waals surface area contributed by atoms with Crippen LogP contribution >= 0.6 is 0 Å². The van der Waals surface area contributed by atoms with Crippen molar-refractivity contribution in [1.82, 2.24) is 4.98 Å². The summed E-state index contributed by atoms with van der Waals surface area (Å²) in [5.74, 6) is 0.112. The number of pyridine rings is 1. The Kier molecular flexibility index (Phi) is 3.90. The molecule has 20 heavy (non-hydrogen) atoms. The van der Waals surface area contributed by atoms with E-state index in [2.05, 4.69) is 10.3 Å². The molecule has 0 unspecified atom stereocenters. The molecule has 7 nitrogen and oxygen atoms in total. The highest BCUT2D eigenvalue weighted by atomic mass is 16.6. The molecule has 2 rings (SSSR count). The predicted octanol–water partition coefficient (Wildman–Crippen LogP) is 1.76. The zero-order valence-corrected chi connectivity index (χ0v) is 10.4. The first kappa shape index (κ1) is 13.5. The second-order valence-electron chi connectivity index (χ2n) is 4.12. The van der Waals surface area contributed by atoms with Crippen molar-refractivity contribution >= 4 is 23.1 Å². The van der Waals surface area contributed by atoms with E-state index in [4.69, 9.17) is 5.73 Å². The maximum atomic E-state index is 10.8. The van der Waals surface area contributed by atoms with Crippen molar-refractivity contribution in [2.24, 2.45) is 5.73 Å². The molecule has 7 heteroatoms. The van der Waals surface area contributed by atoms with E-state index in [-0.39, 0.29) is 18.0 Å². The van der Waals surface area contributed by atoms with Gasteiger partial charge in [-0.1, -0.05) is 12.1 Å². The van der Waals surface area contributed by atoms with E-state index >= 15 is 0 Å². The minimum Gasteiger partial charge on any atom is -0.369 e. The Labute approximate surface area is 114 Å². The molecule has 2 aromatic rings. The van der Waals surface area contributed by atoms with Crippen LogP contribution in [0.15, 0.2) is 42.6 Å².